The molecule has 0 unspecified atom stereocenters. The molecule has 0 spiro atoms. The fourth-order valence-electron chi connectivity index (χ4n) is 2.06. The van der Waals surface area contributed by atoms with E-state index in [2.05, 4.69) is 39.1 Å². The Balaban J connectivity index is 2.80. The van der Waals surface area contributed by atoms with Crippen molar-refractivity contribution in [2.24, 2.45) is 0 Å². The predicted molar refractivity (Wildman–Crippen MR) is 69.2 cm³/mol. The molecule has 1 amide bonds. The molecule has 1 aromatic carbocycles. The van der Waals surface area contributed by atoms with E-state index in [1.165, 1.54) is 27.8 Å². The summed E-state index contributed by atoms with van der Waals surface area (Å²) < 4.78 is 0. The first kappa shape index (κ1) is 13.7. The van der Waals surface area contributed by atoms with Gasteiger partial charge >= 0.3 is 0 Å². The number of carbonyl (C=O) groups is 1. The predicted octanol–water partition coefficient (Wildman–Crippen LogP) is 1.57. The number of benzene rings is 1. The Morgan fingerprint density at radius 2 is 1.71 bits per heavy atom. The number of amides is 1. The third-order valence-corrected chi connectivity index (χ3v) is 3.36. The number of rotatable bonds is 4. The van der Waals surface area contributed by atoms with Crippen LogP contribution >= 0.6 is 0 Å². The highest BCUT2D eigenvalue weighted by Crippen LogP contribution is 2.21. The smallest absolute Gasteiger partial charge is 0.245 e. The second-order valence-corrected chi connectivity index (χ2v) is 4.50. The van der Waals surface area contributed by atoms with E-state index in [9.17, 15) is 4.79 Å². The number of aliphatic hydroxyl groups is 1. The fourth-order valence-corrected chi connectivity index (χ4v) is 2.06. The Morgan fingerprint density at radius 1 is 1.18 bits per heavy atom. The van der Waals surface area contributed by atoms with Crippen molar-refractivity contribution in [1.82, 2.24) is 5.32 Å². The van der Waals surface area contributed by atoms with Gasteiger partial charge in [0, 0.05) is 6.54 Å². The van der Waals surface area contributed by atoms with Gasteiger partial charge in [-0.15, -0.1) is 0 Å². The van der Waals surface area contributed by atoms with Crippen LogP contribution in [0.25, 0.3) is 0 Å². The lowest BCUT2D eigenvalue weighted by atomic mass is 9.92. The second kappa shape index (κ2) is 5.82. The van der Waals surface area contributed by atoms with Crippen LogP contribution in [0.2, 0.25) is 0 Å². The molecule has 3 heteroatoms. The van der Waals surface area contributed by atoms with Crippen molar-refractivity contribution in [2.75, 3.05) is 13.2 Å². The number of hydrogen-bond acceptors (Lipinski definition) is 2. The van der Waals surface area contributed by atoms with Crippen LogP contribution in [-0.2, 0) is 11.2 Å². The van der Waals surface area contributed by atoms with Gasteiger partial charge in [-0.1, -0.05) is 6.07 Å². The highest BCUT2D eigenvalue weighted by atomic mass is 16.3. The number of nitrogens with one attached hydrogen (secondary N) is 1. The van der Waals surface area contributed by atoms with Gasteiger partial charge in [0.05, 0.1) is 0 Å². The van der Waals surface area contributed by atoms with Gasteiger partial charge in [0.15, 0.2) is 0 Å². The van der Waals surface area contributed by atoms with Gasteiger partial charge in [0.25, 0.3) is 0 Å². The molecule has 0 heterocycles. The van der Waals surface area contributed by atoms with Gasteiger partial charge in [-0.3, -0.25) is 4.79 Å². The topological polar surface area (TPSA) is 49.3 Å². The molecule has 0 aromatic heterocycles. The van der Waals surface area contributed by atoms with Gasteiger partial charge in [-0.2, -0.15) is 0 Å². The Kier molecular flexibility index (Phi) is 4.70. The van der Waals surface area contributed by atoms with Crippen LogP contribution in [0.3, 0.4) is 0 Å². The van der Waals surface area contributed by atoms with Crippen molar-refractivity contribution in [3.8, 4) is 0 Å². The summed E-state index contributed by atoms with van der Waals surface area (Å²) in [6.07, 6.45) is 0.811. The molecule has 1 rings (SSSR count). The van der Waals surface area contributed by atoms with Gasteiger partial charge in [0.2, 0.25) is 5.91 Å². The third-order valence-electron chi connectivity index (χ3n) is 3.36. The number of hydrogen-bond donors (Lipinski definition) is 2. The van der Waals surface area contributed by atoms with E-state index in [0.29, 0.717) is 6.54 Å². The molecule has 0 aliphatic rings. The molecule has 17 heavy (non-hydrogen) atoms. The summed E-state index contributed by atoms with van der Waals surface area (Å²) in [5.74, 6) is -0.315. The first-order valence-electron chi connectivity index (χ1n) is 5.91. The minimum atomic E-state index is -0.440. The third kappa shape index (κ3) is 3.30. The summed E-state index contributed by atoms with van der Waals surface area (Å²) in [5, 5.41) is 11.3. The van der Waals surface area contributed by atoms with E-state index in [4.69, 9.17) is 5.11 Å². The van der Waals surface area contributed by atoms with Crippen LogP contribution in [0.15, 0.2) is 6.07 Å². The Morgan fingerprint density at radius 3 is 2.18 bits per heavy atom. The molecule has 0 radical (unpaired) electrons. The molecule has 2 N–H and O–H groups in total. The van der Waals surface area contributed by atoms with E-state index >= 15 is 0 Å². The maximum absolute atomic E-state index is 10.9. The largest absolute Gasteiger partial charge is 0.387 e. The summed E-state index contributed by atoms with van der Waals surface area (Å²) >= 11 is 0. The van der Waals surface area contributed by atoms with Crippen molar-refractivity contribution >= 4 is 5.91 Å². The molecule has 94 valence electrons. The van der Waals surface area contributed by atoms with Crippen LogP contribution < -0.4 is 5.32 Å². The van der Waals surface area contributed by atoms with Crippen molar-refractivity contribution in [3.05, 3.63) is 33.9 Å². The molecule has 0 saturated carbocycles. The molecule has 0 aliphatic heterocycles. The minimum absolute atomic E-state index is 0.315. The van der Waals surface area contributed by atoms with E-state index in [1.807, 2.05) is 0 Å². The molecular weight excluding hydrogens is 214 g/mol. The number of aliphatic hydroxyl groups excluding tert-OH is 1. The highest BCUT2D eigenvalue weighted by molar-refractivity contribution is 5.76. The summed E-state index contributed by atoms with van der Waals surface area (Å²) in [4.78, 5) is 10.9. The molecule has 0 aliphatic carbocycles. The molecule has 0 fully saturated rings. The standard InChI is InChI=1S/C14H21NO2/c1-9-7-10(2)12(4)13(11(9)3)5-6-15-14(17)8-16/h7,16H,5-6,8H2,1-4H3,(H,15,17). The molecule has 3 nitrogen and oxygen atoms in total. The maximum atomic E-state index is 10.9. The van der Waals surface area contributed by atoms with Crippen LogP contribution in [-0.4, -0.2) is 24.2 Å². The summed E-state index contributed by atoms with van der Waals surface area (Å²) in [6, 6.07) is 2.19. The van der Waals surface area contributed by atoms with Crippen molar-refractivity contribution < 1.29 is 9.90 Å². The van der Waals surface area contributed by atoms with Crippen LogP contribution in [0.1, 0.15) is 27.8 Å². The molecule has 0 bridgehead atoms. The van der Waals surface area contributed by atoms with Gasteiger partial charge in [-0.25, -0.2) is 0 Å². The van der Waals surface area contributed by atoms with Crippen molar-refractivity contribution in [2.45, 2.75) is 34.1 Å². The SMILES string of the molecule is Cc1cc(C)c(C)c(CCNC(=O)CO)c1C. The average Bonchev–Trinajstić information content (AvgIpc) is 2.30. The van der Waals surface area contributed by atoms with Crippen molar-refractivity contribution in [1.29, 1.82) is 0 Å². The summed E-state index contributed by atoms with van der Waals surface area (Å²) in [6.45, 7) is 8.58. The first-order chi connectivity index (χ1) is 7.97. The quantitative estimate of drug-likeness (QED) is 0.832. The monoisotopic (exact) mass is 235 g/mol. The number of aryl methyl sites for hydroxylation is 2. The van der Waals surface area contributed by atoms with E-state index in [0.717, 1.165) is 6.42 Å². The van der Waals surface area contributed by atoms with Crippen LogP contribution in [0, 0.1) is 27.7 Å². The molecule has 1 aromatic rings. The van der Waals surface area contributed by atoms with Gasteiger partial charge < -0.3 is 10.4 Å². The Bertz CT molecular complexity index is 398. The lowest BCUT2D eigenvalue weighted by molar-refractivity contribution is -0.123. The molecule has 0 saturated heterocycles. The normalized spacial score (nSPS) is 10.4. The van der Waals surface area contributed by atoms with E-state index < -0.39 is 6.61 Å². The molecule has 0 atom stereocenters. The molecular formula is C14H21NO2. The number of carbonyl (C=O) groups excluding carboxylic acids is 1. The average molecular weight is 235 g/mol. The zero-order chi connectivity index (χ0) is 13.0. The van der Waals surface area contributed by atoms with Crippen LogP contribution in [0.4, 0.5) is 0 Å². The van der Waals surface area contributed by atoms with Gasteiger partial charge in [0.1, 0.15) is 6.61 Å². The first-order valence-corrected chi connectivity index (χ1v) is 5.91. The highest BCUT2D eigenvalue weighted by Gasteiger charge is 2.08. The Hall–Kier alpha value is -1.35. The van der Waals surface area contributed by atoms with Gasteiger partial charge in [-0.05, 0) is 61.9 Å². The van der Waals surface area contributed by atoms with E-state index in [1.54, 1.807) is 0 Å². The summed E-state index contributed by atoms with van der Waals surface area (Å²) in [7, 11) is 0. The maximum Gasteiger partial charge on any atom is 0.245 e. The minimum Gasteiger partial charge on any atom is -0.387 e. The zero-order valence-corrected chi connectivity index (χ0v) is 11.1. The van der Waals surface area contributed by atoms with Crippen molar-refractivity contribution in [3.63, 3.8) is 0 Å². The second-order valence-electron chi connectivity index (χ2n) is 4.50. The summed E-state index contributed by atoms with van der Waals surface area (Å²) in [5.41, 5.74) is 6.48. The van der Waals surface area contributed by atoms with E-state index in [-0.39, 0.29) is 5.91 Å². The zero-order valence-electron chi connectivity index (χ0n) is 11.1. The Labute approximate surface area is 103 Å². The van der Waals surface area contributed by atoms with Crippen LogP contribution in [0.5, 0.6) is 0 Å². The lowest BCUT2D eigenvalue weighted by Gasteiger charge is -2.15. The fraction of sp³-hybridized carbons (Fsp3) is 0.500. The lowest BCUT2D eigenvalue weighted by Crippen LogP contribution is -2.28.